The average Bonchev–Trinajstić information content (AvgIpc) is 2.19. The van der Waals surface area contributed by atoms with Gasteiger partial charge in [-0.05, 0) is 30.3 Å². The van der Waals surface area contributed by atoms with E-state index in [0.29, 0.717) is 18.6 Å². The first kappa shape index (κ1) is 9.19. The van der Waals surface area contributed by atoms with Gasteiger partial charge >= 0.3 is 6.09 Å². The molecule has 0 aromatic rings. The Bertz CT molecular complexity index is 192. The molecular formula is C9H15NO2S. The van der Waals surface area contributed by atoms with E-state index < -0.39 is 0 Å². The Morgan fingerprint density at radius 2 is 2.08 bits per heavy atom. The lowest BCUT2D eigenvalue weighted by molar-refractivity contribution is 0.102. The summed E-state index contributed by atoms with van der Waals surface area (Å²) in [4.78, 5) is 11.0. The molecule has 2 saturated heterocycles. The Morgan fingerprint density at radius 3 is 2.77 bits per heavy atom. The molecule has 2 aliphatic heterocycles. The third kappa shape index (κ3) is 2.30. The first-order valence-electron chi connectivity index (χ1n) is 4.87. The largest absolute Gasteiger partial charge is 0.449 e. The van der Waals surface area contributed by atoms with Crippen LogP contribution in [0.4, 0.5) is 4.79 Å². The van der Waals surface area contributed by atoms with E-state index in [1.165, 1.54) is 24.3 Å². The highest BCUT2D eigenvalue weighted by Gasteiger charge is 2.28. The van der Waals surface area contributed by atoms with Gasteiger partial charge in [0.1, 0.15) is 0 Å². The third-order valence-corrected chi connectivity index (χ3v) is 3.85. The van der Waals surface area contributed by atoms with Gasteiger partial charge < -0.3 is 10.1 Å². The molecular weight excluding hydrogens is 186 g/mol. The van der Waals surface area contributed by atoms with E-state index in [4.69, 9.17) is 4.74 Å². The number of carbonyl (C=O) groups excluding carboxylic acids is 1. The molecule has 2 rings (SSSR count). The highest BCUT2D eigenvalue weighted by atomic mass is 32.2. The molecule has 2 fully saturated rings. The lowest BCUT2D eigenvalue weighted by atomic mass is 9.91. The molecule has 1 atom stereocenters. The summed E-state index contributed by atoms with van der Waals surface area (Å²) in [5.74, 6) is 3.18. The van der Waals surface area contributed by atoms with E-state index in [0.717, 1.165) is 6.42 Å². The molecule has 0 aliphatic carbocycles. The molecule has 0 radical (unpaired) electrons. The Balaban J connectivity index is 1.87. The predicted molar refractivity (Wildman–Crippen MR) is 52.9 cm³/mol. The van der Waals surface area contributed by atoms with Gasteiger partial charge in [0.25, 0.3) is 0 Å². The molecule has 0 aromatic heterocycles. The topological polar surface area (TPSA) is 38.3 Å². The van der Waals surface area contributed by atoms with Crippen LogP contribution < -0.4 is 5.32 Å². The molecule has 2 aliphatic rings. The van der Waals surface area contributed by atoms with Crippen molar-refractivity contribution in [1.29, 1.82) is 0 Å². The van der Waals surface area contributed by atoms with Gasteiger partial charge in [-0.25, -0.2) is 4.79 Å². The van der Waals surface area contributed by atoms with Crippen LogP contribution in [0.3, 0.4) is 0 Å². The van der Waals surface area contributed by atoms with Crippen molar-refractivity contribution in [2.24, 2.45) is 5.92 Å². The number of rotatable bonds is 1. The van der Waals surface area contributed by atoms with Crippen LogP contribution in [0.2, 0.25) is 0 Å². The normalized spacial score (nSPS) is 30.8. The summed E-state index contributed by atoms with van der Waals surface area (Å²) >= 11 is 2.02. The molecule has 13 heavy (non-hydrogen) atoms. The van der Waals surface area contributed by atoms with Crippen LogP contribution in [0.1, 0.15) is 19.3 Å². The molecule has 3 nitrogen and oxygen atoms in total. The van der Waals surface area contributed by atoms with Crippen molar-refractivity contribution in [1.82, 2.24) is 5.32 Å². The van der Waals surface area contributed by atoms with Crippen LogP contribution in [-0.2, 0) is 4.74 Å². The lowest BCUT2D eigenvalue weighted by Gasteiger charge is -2.32. The summed E-state index contributed by atoms with van der Waals surface area (Å²) in [6.07, 6.45) is 3.25. The molecule has 1 N–H and O–H groups in total. The minimum absolute atomic E-state index is 0.227. The summed E-state index contributed by atoms with van der Waals surface area (Å²) in [6.45, 7) is 0.597. The number of cyclic esters (lactones) is 1. The number of nitrogens with one attached hydrogen (secondary N) is 1. The molecule has 0 bridgehead atoms. The maximum Gasteiger partial charge on any atom is 0.407 e. The van der Waals surface area contributed by atoms with Crippen LogP contribution in [0.5, 0.6) is 0 Å². The van der Waals surface area contributed by atoms with E-state index >= 15 is 0 Å². The van der Waals surface area contributed by atoms with Crippen molar-refractivity contribution < 1.29 is 9.53 Å². The number of hydrogen-bond acceptors (Lipinski definition) is 3. The second kappa shape index (κ2) is 4.22. The van der Waals surface area contributed by atoms with Gasteiger partial charge in [-0.15, -0.1) is 0 Å². The van der Waals surface area contributed by atoms with Crippen LogP contribution in [0, 0.1) is 5.92 Å². The average molecular weight is 201 g/mol. The van der Waals surface area contributed by atoms with Crippen molar-refractivity contribution in [3.05, 3.63) is 0 Å². The van der Waals surface area contributed by atoms with Crippen LogP contribution in [0.15, 0.2) is 0 Å². The second-order valence-corrected chi connectivity index (χ2v) is 4.85. The number of ether oxygens (including phenoxy) is 1. The molecule has 4 heteroatoms. The van der Waals surface area contributed by atoms with Gasteiger partial charge in [-0.3, -0.25) is 0 Å². The summed E-state index contributed by atoms with van der Waals surface area (Å²) in [7, 11) is 0. The van der Waals surface area contributed by atoms with Crippen molar-refractivity contribution in [2.75, 3.05) is 18.1 Å². The van der Waals surface area contributed by atoms with Crippen LogP contribution in [-0.4, -0.2) is 30.2 Å². The minimum Gasteiger partial charge on any atom is -0.449 e. The van der Waals surface area contributed by atoms with Gasteiger partial charge in [-0.2, -0.15) is 11.8 Å². The van der Waals surface area contributed by atoms with Crippen molar-refractivity contribution in [2.45, 2.75) is 25.3 Å². The summed E-state index contributed by atoms with van der Waals surface area (Å²) in [5.41, 5.74) is 0. The van der Waals surface area contributed by atoms with E-state index in [-0.39, 0.29) is 6.09 Å². The quantitative estimate of drug-likeness (QED) is 0.700. The second-order valence-electron chi connectivity index (χ2n) is 3.63. The molecule has 0 aromatic carbocycles. The Morgan fingerprint density at radius 1 is 1.31 bits per heavy atom. The standard InChI is InChI=1S/C9H15NO2S/c11-9-10-8(1-4-12-9)7-2-5-13-6-3-7/h7-8H,1-6H2,(H,10,11). The maximum absolute atomic E-state index is 11.0. The molecule has 2 heterocycles. The van der Waals surface area contributed by atoms with Crippen molar-refractivity contribution in [3.63, 3.8) is 0 Å². The summed E-state index contributed by atoms with van der Waals surface area (Å²) in [6, 6.07) is 0.377. The molecule has 0 spiro atoms. The molecule has 0 saturated carbocycles. The van der Waals surface area contributed by atoms with E-state index in [2.05, 4.69) is 5.32 Å². The predicted octanol–water partition coefficient (Wildman–Crippen LogP) is 1.63. The fourth-order valence-electron chi connectivity index (χ4n) is 2.02. The van der Waals surface area contributed by atoms with Crippen molar-refractivity contribution >= 4 is 17.9 Å². The fourth-order valence-corrected chi connectivity index (χ4v) is 3.16. The summed E-state index contributed by atoms with van der Waals surface area (Å²) in [5, 5.41) is 2.92. The number of carbonyl (C=O) groups is 1. The van der Waals surface area contributed by atoms with Gasteiger partial charge in [0, 0.05) is 12.5 Å². The molecule has 74 valence electrons. The van der Waals surface area contributed by atoms with E-state index in [9.17, 15) is 4.79 Å². The number of hydrogen-bond donors (Lipinski definition) is 1. The van der Waals surface area contributed by atoms with Crippen LogP contribution in [0.25, 0.3) is 0 Å². The number of thioether (sulfide) groups is 1. The monoisotopic (exact) mass is 201 g/mol. The summed E-state index contributed by atoms with van der Waals surface area (Å²) < 4.78 is 4.84. The highest BCUT2D eigenvalue weighted by Crippen LogP contribution is 2.27. The molecule has 1 amide bonds. The maximum atomic E-state index is 11.0. The highest BCUT2D eigenvalue weighted by molar-refractivity contribution is 7.99. The van der Waals surface area contributed by atoms with Gasteiger partial charge in [0.2, 0.25) is 0 Å². The first-order chi connectivity index (χ1) is 6.36. The Labute approximate surface area is 82.6 Å². The van der Waals surface area contributed by atoms with Gasteiger partial charge in [0.05, 0.1) is 6.61 Å². The van der Waals surface area contributed by atoms with Crippen molar-refractivity contribution in [3.8, 4) is 0 Å². The minimum atomic E-state index is -0.227. The zero-order valence-corrected chi connectivity index (χ0v) is 8.44. The third-order valence-electron chi connectivity index (χ3n) is 2.80. The number of alkyl carbamates (subject to hydrolysis) is 1. The molecule has 1 unspecified atom stereocenters. The Hall–Kier alpha value is -0.380. The van der Waals surface area contributed by atoms with E-state index in [1.807, 2.05) is 11.8 Å². The first-order valence-corrected chi connectivity index (χ1v) is 6.03. The van der Waals surface area contributed by atoms with Crippen LogP contribution >= 0.6 is 11.8 Å². The number of amides is 1. The lowest BCUT2D eigenvalue weighted by Crippen LogP contribution is -2.46. The van der Waals surface area contributed by atoms with Gasteiger partial charge in [0.15, 0.2) is 0 Å². The SMILES string of the molecule is O=C1NC(C2CCSCC2)CCO1. The zero-order valence-electron chi connectivity index (χ0n) is 7.62. The van der Waals surface area contributed by atoms with E-state index in [1.54, 1.807) is 0 Å². The Kier molecular flexibility index (Phi) is 2.98. The fraction of sp³-hybridized carbons (Fsp3) is 0.889. The van der Waals surface area contributed by atoms with Gasteiger partial charge in [-0.1, -0.05) is 0 Å². The zero-order chi connectivity index (χ0) is 9.10. The smallest absolute Gasteiger partial charge is 0.407 e.